The Hall–Kier alpha value is -1.02. The van der Waals surface area contributed by atoms with Crippen LogP contribution in [0.25, 0.3) is 0 Å². The highest BCUT2D eigenvalue weighted by molar-refractivity contribution is 8.19. The molecule has 0 aliphatic carbocycles. The van der Waals surface area contributed by atoms with Gasteiger partial charge >= 0.3 is 0 Å². The average molecular weight is 430 g/mol. The molecular weight excluding hydrogens is 410 g/mol. The molecule has 2 heterocycles. The summed E-state index contributed by atoms with van der Waals surface area (Å²) in [4.78, 5) is 15.0. The lowest BCUT2D eigenvalue weighted by Crippen LogP contribution is -2.30. The topological polar surface area (TPSA) is 38.8 Å². The van der Waals surface area contributed by atoms with E-state index in [9.17, 15) is 4.79 Å². The standard InChI is InChI=1S/C18H20ClNO3S3/c1-20(10-13-4-6-16(19)26-13)17(21)11-23-14-5-3-12(9-15(14)22-2)18-24-7-8-25-18/h3-6,9,18H,7-8,10-11H2,1-2H3. The van der Waals surface area contributed by atoms with E-state index in [1.807, 2.05) is 47.8 Å². The Morgan fingerprint density at radius 1 is 1.23 bits per heavy atom. The van der Waals surface area contributed by atoms with Gasteiger partial charge in [0, 0.05) is 23.4 Å². The van der Waals surface area contributed by atoms with Crippen molar-refractivity contribution in [1.29, 1.82) is 0 Å². The van der Waals surface area contributed by atoms with Crippen molar-refractivity contribution in [3.05, 3.63) is 45.1 Å². The number of nitrogens with zero attached hydrogens (tertiary/aromatic N) is 1. The van der Waals surface area contributed by atoms with Crippen molar-refractivity contribution in [2.45, 2.75) is 11.1 Å². The second-order valence-electron chi connectivity index (χ2n) is 5.73. The summed E-state index contributed by atoms with van der Waals surface area (Å²) in [7, 11) is 3.38. The van der Waals surface area contributed by atoms with E-state index in [1.54, 1.807) is 19.1 Å². The molecule has 26 heavy (non-hydrogen) atoms. The minimum Gasteiger partial charge on any atom is -0.493 e. The van der Waals surface area contributed by atoms with Gasteiger partial charge in [0.15, 0.2) is 18.1 Å². The minimum atomic E-state index is -0.0949. The molecule has 0 unspecified atom stereocenters. The minimum absolute atomic E-state index is 0.0295. The number of amides is 1. The zero-order valence-corrected chi connectivity index (χ0v) is 17.8. The highest BCUT2D eigenvalue weighted by Crippen LogP contribution is 2.46. The van der Waals surface area contributed by atoms with Gasteiger partial charge in [-0.1, -0.05) is 17.7 Å². The van der Waals surface area contributed by atoms with Crippen LogP contribution in [0.5, 0.6) is 11.5 Å². The van der Waals surface area contributed by atoms with Crippen molar-refractivity contribution in [3.8, 4) is 11.5 Å². The highest BCUT2D eigenvalue weighted by Gasteiger charge is 2.20. The monoisotopic (exact) mass is 429 g/mol. The lowest BCUT2D eigenvalue weighted by molar-refractivity contribution is -0.132. The summed E-state index contributed by atoms with van der Waals surface area (Å²) in [6.45, 7) is 0.490. The molecule has 3 rings (SSSR count). The molecule has 0 atom stereocenters. The van der Waals surface area contributed by atoms with Crippen molar-refractivity contribution in [3.63, 3.8) is 0 Å². The van der Waals surface area contributed by atoms with Crippen molar-refractivity contribution < 1.29 is 14.3 Å². The van der Waals surface area contributed by atoms with Crippen LogP contribution in [-0.4, -0.2) is 43.1 Å². The smallest absolute Gasteiger partial charge is 0.260 e. The van der Waals surface area contributed by atoms with Crippen LogP contribution in [0, 0.1) is 0 Å². The molecule has 1 saturated heterocycles. The van der Waals surface area contributed by atoms with Gasteiger partial charge in [-0.15, -0.1) is 34.9 Å². The van der Waals surface area contributed by atoms with Gasteiger partial charge in [0.05, 0.1) is 22.6 Å². The summed E-state index contributed by atoms with van der Waals surface area (Å²) in [5, 5.41) is 0. The summed E-state index contributed by atoms with van der Waals surface area (Å²) in [5.74, 6) is 3.50. The van der Waals surface area contributed by atoms with Gasteiger partial charge in [-0.05, 0) is 29.8 Å². The number of hydrogen-bond donors (Lipinski definition) is 0. The number of methoxy groups -OCH3 is 1. The summed E-state index contributed by atoms with van der Waals surface area (Å²) in [5.41, 5.74) is 1.22. The van der Waals surface area contributed by atoms with Crippen molar-refractivity contribution in [2.24, 2.45) is 0 Å². The predicted molar refractivity (Wildman–Crippen MR) is 112 cm³/mol. The van der Waals surface area contributed by atoms with Crippen molar-refractivity contribution >= 4 is 52.4 Å². The van der Waals surface area contributed by atoms with E-state index >= 15 is 0 Å². The van der Waals surface area contributed by atoms with E-state index in [-0.39, 0.29) is 12.5 Å². The van der Waals surface area contributed by atoms with E-state index in [0.29, 0.717) is 22.6 Å². The Balaban J connectivity index is 1.58. The largest absolute Gasteiger partial charge is 0.493 e. The number of rotatable bonds is 7. The van der Waals surface area contributed by atoms with E-state index in [2.05, 4.69) is 6.07 Å². The molecule has 0 spiro atoms. The summed E-state index contributed by atoms with van der Waals surface area (Å²) in [6, 6.07) is 9.71. The van der Waals surface area contributed by atoms with Crippen LogP contribution in [0.4, 0.5) is 0 Å². The number of likely N-dealkylation sites (N-methyl/N-ethyl adjacent to an activating group) is 1. The average Bonchev–Trinajstić information content (AvgIpc) is 3.31. The quantitative estimate of drug-likeness (QED) is 0.624. The zero-order valence-electron chi connectivity index (χ0n) is 14.6. The van der Waals surface area contributed by atoms with Gasteiger partial charge < -0.3 is 14.4 Å². The number of carbonyl (C=O) groups excluding carboxylic acids is 1. The lowest BCUT2D eigenvalue weighted by Gasteiger charge is -2.18. The molecule has 1 fully saturated rings. The molecule has 4 nitrogen and oxygen atoms in total. The Kier molecular flexibility index (Phi) is 7.03. The summed E-state index contributed by atoms with van der Waals surface area (Å²) < 4.78 is 12.3. The number of hydrogen-bond acceptors (Lipinski definition) is 6. The fraction of sp³-hybridized carbons (Fsp3) is 0.389. The number of halogens is 1. The van der Waals surface area contributed by atoms with Gasteiger partial charge in [-0.3, -0.25) is 4.79 Å². The van der Waals surface area contributed by atoms with E-state index in [4.69, 9.17) is 21.1 Å². The van der Waals surface area contributed by atoms with Crippen LogP contribution in [-0.2, 0) is 11.3 Å². The van der Waals surface area contributed by atoms with Crippen LogP contribution in [0.15, 0.2) is 30.3 Å². The molecule has 140 valence electrons. The molecule has 2 aromatic rings. The Labute approximate surface area is 171 Å². The molecule has 0 bridgehead atoms. The van der Waals surface area contributed by atoms with Crippen LogP contribution < -0.4 is 9.47 Å². The third-order valence-corrected chi connectivity index (χ3v) is 8.20. The number of benzene rings is 1. The van der Waals surface area contributed by atoms with Crippen LogP contribution in [0.2, 0.25) is 4.34 Å². The molecule has 0 saturated carbocycles. The van der Waals surface area contributed by atoms with Crippen molar-refractivity contribution in [1.82, 2.24) is 4.90 Å². The maximum atomic E-state index is 12.3. The number of thiophene rings is 1. The highest BCUT2D eigenvalue weighted by atomic mass is 35.5. The van der Waals surface area contributed by atoms with Gasteiger partial charge in [0.25, 0.3) is 5.91 Å². The number of thioether (sulfide) groups is 2. The first kappa shape index (κ1) is 19.7. The fourth-order valence-corrected chi connectivity index (χ4v) is 6.49. The first-order valence-electron chi connectivity index (χ1n) is 8.09. The fourth-order valence-electron chi connectivity index (χ4n) is 2.51. The second kappa shape index (κ2) is 9.26. The molecule has 1 aliphatic rings. The molecular formula is C18H20ClNO3S3. The maximum absolute atomic E-state index is 12.3. The zero-order chi connectivity index (χ0) is 18.5. The van der Waals surface area contributed by atoms with Crippen molar-refractivity contribution in [2.75, 3.05) is 32.3 Å². The number of ether oxygens (including phenoxy) is 2. The van der Waals surface area contributed by atoms with Gasteiger partial charge in [0.2, 0.25) is 0 Å². The Morgan fingerprint density at radius 2 is 2.00 bits per heavy atom. The van der Waals surface area contributed by atoms with Gasteiger partial charge in [-0.2, -0.15) is 0 Å². The van der Waals surface area contributed by atoms with Crippen LogP contribution >= 0.6 is 46.5 Å². The molecule has 1 aromatic heterocycles. The third kappa shape index (κ3) is 5.03. The summed E-state index contributed by atoms with van der Waals surface area (Å²) >= 11 is 11.3. The van der Waals surface area contributed by atoms with Crippen LogP contribution in [0.1, 0.15) is 15.0 Å². The first-order valence-corrected chi connectivity index (χ1v) is 11.4. The van der Waals surface area contributed by atoms with Gasteiger partial charge in [0.1, 0.15) is 0 Å². The van der Waals surface area contributed by atoms with Crippen LogP contribution in [0.3, 0.4) is 0 Å². The molecule has 1 aromatic carbocycles. The van der Waals surface area contributed by atoms with E-state index < -0.39 is 0 Å². The molecule has 0 radical (unpaired) electrons. The summed E-state index contributed by atoms with van der Waals surface area (Å²) in [6.07, 6.45) is 0. The molecule has 1 amide bonds. The maximum Gasteiger partial charge on any atom is 0.260 e. The normalized spacial score (nSPS) is 14.4. The second-order valence-corrected chi connectivity index (χ2v) is 10.3. The van der Waals surface area contributed by atoms with E-state index in [1.165, 1.54) is 28.4 Å². The predicted octanol–water partition coefficient (Wildman–Crippen LogP) is 4.93. The lowest BCUT2D eigenvalue weighted by atomic mass is 10.2. The van der Waals surface area contributed by atoms with Gasteiger partial charge in [-0.25, -0.2) is 0 Å². The van der Waals surface area contributed by atoms with E-state index in [0.717, 1.165) is 9.21 Å². The molecule has 8 heteroatoms. The molecule has 0 N–H and O–H groups in total. The SMILES string of the molecule is COc1cc(C2SCCS2)ccc1OCC(=O)N(C)Cc1ccc(Cl)s1. The Bertz CT molecular complexity index is 762. The third-order valence-electron chi connectivity index (χ3n) is 3.88. The first-order chi connectivity index (χ1) is 12.6. The Morgan fingerprint density at radius 3 is 2.65 bits per heavy atom. The molecule has 1 aliphatic heterocycles. The number of carbonyl (C=O) groups is 1.